The third-order valence-corrected chi connectivity index (χ3v) is 8.22. The monoisotopic (exact) mass is 505 g/mol. The SMILES string of the molecule is CCCCCCCCc1ccc2c(c1)nc(F)c1cc(OC(=O)C3CCC(CCCCC)CC3)ccc12. The Kier molecular flexibility index (Phi) is 10.3. The molecule has 0 bridgehead atoms. The molecule has 4 heteroatoms. The molecule has 0 atom stereocenters. The number of aromatic nitrogens is 1. The number of nitrogens with zero attached hydrogens (tertiary/aromatic N) is 1. The number of aryl methyl sites for hydroxylation is 1. The van der Waals surface area contributed by atoms with Crippen LogP contribution in [0.25, 0.3) is 21.7 Å². The molecule has 0 amide bonds. The van der Waals surface area contributed by atoms with Gasteiger partial charge in [0.1, 0.15) is 5.75 Å². The standard InChI is InChI=1S/C33H44FNO2/c1-3-5-7-8-9-11-13-25-16-20-29-28-21-19-27(23-30(28)32(34)35-31(29)22-25)37-33(36)26-17-14-24(15-18-26)12-10-6-4-2/h16,19-24,26H,3-15,17-18H2,1-2H3. The highest BCUT2D eigenvalue weighted by atomic mass is 19.1. The first-order chi connectivity index (χ1) is 18.1. The molecule has 37 heavy (non-hydrogen) atoms. The Morgan fingerprint density at radius 3 is 2.32 bits per heavy atom. The molecule has 1 saturated carbocycles. The fourth-order valence-corrected chi connectivity index (χ4v) is 5.89. The molecule has 1 aromatic heterocycles. The van der Waals surface area contributed by atoms with Crippen molar-refractivity contribution in [2.75, 3.05) is 0 Å². The second-order valence-electron chi connectivity index (χ2n) is 11.1. The first-order valence-corrected chi connectivity index (χ1v) is 14.8. The van der Waals surface area contributed by atoms with Gasteiger partial charge in [0.05, 0.1) is 11.4 Å². The number of halogens is 1. The molecular weight excluding hydrogens is 461 g/mol. The number of fused-ring (bicyclic) bond motifs is 3. The van der Waals surface area contributed by atoms with E-state index in [1.54, 1.807) is 12.1 Å². The molecule has 4 rings (SSSR count). The molecule has 2 aromatic carbocycles. The van der Waals surface area contributed by atoms with Gasteiger partial charge in [-0.05, 0) is 79.7 Å². The molecule has 1 aliphatic rings. The number of unbranched alkanes of at least 4 members (excludes halogenated alkanes) is 7. The molecule has 1 heterocycles. The summed E-state index contributed by atoms with van der Waals surface area (Å²) in [5.41, 5.74) is 1.90. The van der Waals surface area contributed by atoms with Crippen LogP contribution in [0, 0.1) is 17.8 Å². The topological polar surface area (TPSA) is 39.2 Å². The van der Waals surface area contributed by atoms with Crippen molar-refractivity contribution in [2.24, 2.45) is 11.8 Å². The molecule has 1 aliphatic carbocycles. The summed E-state index contributed by atoms with van der Waals surface area (Å²) in [6.45, 7) is 4.47. The van der Waals surface area contributed by atoms with Crippen LogP contribution in [0.3, 0.4) is 0 Å². The zero-order valence-corrected chi connectivity index (χ0v) is 22.9. The van der Waals surface area contributed by atoms with Gasteiger partial charge in [-0.1, -0.05) is 83.8 Å². The first-order valence-electron chi connectivity index (χ1n) is 14.8. The number of carbonyl (C=O) groups is 1. The highest BCUT2D eigenvalue weighted by Gasteiger charge is 2.27. The van der Waals surface area contributed by atoms with Gasteiger partial charge in [-0.25, -0.2) is 4.98 Å². The van der Waals surface area contributed by atoms with Gasteiger partial charge in [-0.15, -0.1) is 0 Å². The number of esters is 1. The minimum atomic E-state index is -0.510. The lowest BCUT2D eigenvalue weighted by Gasteiger charge is -2.27. The van der Waals surface area contributed by atoms with E-state index in [2.05, 4.69) is 31.0 Å². The molecule has 1 fully saturated rings. The number of pyridine rings is 1. The first kappa shape index (κ1) is 27.5. The number of hydrogen-bond donors (Lipinski definition) is 0. The molecule has 0 unspecified atom stereocenters. The normalized spacial score (nSPS) is 17.9. The van der Waals surface area contributed by atoms with Crippen molar-refractivity contribution in [1.82, 2.24) is 4.98 Å². The Morgan fingerprint density at radius 1 is 0.838 bits per heavy atom. The maximum absolute atomic E-state index is 15.1. The quantitative estimate of drug-likeness (QED) is 0.0763. The summed E-state index contributed by atoms with van der Waals surface area (Å²) in [5.74, 6) is 0.408. The average Bonchev–Trinajstić information content (AvgIpc) is 2.91. The molecule has 200 valence electrons. The lowest BCUT2D eigenvalue weighted by molar-refractivity contribution is -0.140. The van der Waals surface area contributed by atoms with Crippen molar-refractivity contribution in [2.45, 2.75) is 110 Å². The zero-order valence-electron chi connectivity index (χ0n) is 22.9. The van der Waals surface area contributed by atoms with Gasteiger partial charge in [-0.3, -0.25) is 4.79 Å². The number of benzene rings is 2. The van der Waals surface area contributed by atoms with Crippen LogP contribution in [-0.4, -0.2) is 11.0 Å². The fourth-order valence-electron chi connectivity index (χ4n) is 5.89. The van der Waals surface area contributed by atoms with E-state index in [-0.39, 0.29) is 11.9 Å². The molecule has 0 radical (unpaired) electrons. The average molecular weight is 506 g/mol. The minimum absolute atomic E-state index is 0.0530. The van der Waals surface area contributed by atoms with Crippen molar-refractivity contribution in [3.05, 3.63) is 47.9 Å². The highest BCUT2D eigenvalue weighted by Crippen LogP contribution is 2.34. The second kappa shape index (κ2) is 13.9. The third-order valence-electron chi connectivity index (χ3n) is 8.22. The molecular formula is C33H44FNO2. The van der Waals surface area contributed by atoms with Gasteiger partial charge < -0.3 is 4.74 Å². The van der Waals surface area contributed by atoms with E-state index in [9.17, 15) is 4.79 Å². The van der Waals surface area contributed by atoms with Crippen molar-refractivity contribution < 1.29 is 13.9 Å². The summed E-state index contributed by atoms with van der Waals surface area (Å²) in [7, 11) is 0. The molecule has 3 aromatic rings. The summed E-state index contributed by atoms with van der Waals surface area (Å²) in [4.78, 5) is 17.1. The van der Waals surface area contributed by atoms with Crippen LogP contribution in [0.4, 0.5) is 4.39 Å². The molecule has 0 aliphatic heterocycles. The Balaban J connectivity index is 1.38. The predicted octanol–water partition coefficient (Wildman–Crippen LogP) is 9.72. The number of rotatable bonds is 13. The van der Waals surface area contributed by atoms with E-state index in [0.717, 1.165) is 55.2 Å². The second-order valence-corrected chi connectivity index (χ2v) is 11.1. The summed E-state index contributed by atoms with van der Waals surface area (Å²) in [6.07, 6.45) is 17.7. The van der Waals surface area contributed by atoms with Gasteiger partial charge in [0.25, 0.3) is 0 Å². The van der Waals surface area contributed by atoms with E-state index in [4.69, 9.17) is 4.74 Å². The lowest BCUT2D eigenvalue weighted by Crippen LogP contribution is -2.25. The summed E-state index contributed by atoms with van der Waals surface area (Å²) in [6, 6.07) is 11.5. The van der Waals surface area contributed by atoms with Crippen molar-refractivity contribution in [3.63, 3.8) is 0 Å². The maximum atomic E-state index is 15.1. The van der Waals surface area contributed by atoms with Crippen molar-refractivity contribution >= 4 is 27.6 Å². The van der Waals surface area contributed by atoms with Gasteiger partial charge >= 0.3 is 5.97 Å². The summed E-state index contributed by atoms with van der Waals surface area (Å²) < 4.78 is 20.8. The van der Waals surface area contributed by atoms with Crippen LogP contribution in [0.15, 0.2) is 36.4 Å². The van der Waals surface area contributed by atoms with E-state index >= 15 is 4.39 Å². The number of ether oxygens (including phenoxy) is 1. The van der Waals surface area contributed by atoms with Gasteiger partial charge in [0.2, 0.25) is 5.95 Å². The van der Waals surface area contributed by atoms with E-state index in [1.165, 1.54) is 63.4 Å². The smallest absolute Gasteiger partial charge is 0.314 e. The van der Waals surface area contributed by atoms with Crippen LogP contribution in [0.5, 0.6) is 5.75 Å². The predicted molar refractivity (Wildman–Crippen MR) is 152 cm³/mol. The van der Waals surface area contributed by atoms with Crippen LogP contribution in [0.2, 0.25) is 0 Å². The molecule has 3 nitrogen and oxygen atoms in total. The Labute approximate surface area is 222 Å². The van der Waals surface area contributed by atoms with Crippen LogP contribution < -0.4 is 4.74 Å². The third kappa shape index (κ3) is 7.52. The zero-order chi connectivity index (χ0) is 26.0. The van der Waals surface area contributed by atoms with Crippen molar-refractivity contribution in [1.29, 1.82) is 0 Å². The maximum Gasteiger partial charge on any atom is 0.314 e. The Hall–Kier alpha value is -2.49. The van der Waals surface area contributed by atoms with E-state index < -0.39 is 5.95 Å². The van der Waals surface area contributed by atoms with E-state index in [1.807, 2.05) is 12.1 Å². The van der Waals surface area contributed by atoms with Crippen LogP contribution in [-0.2, 0) is 11.2 Å². The summed E-state index contributed by atoms with van der Waals surface area (Å²) in [5, 5.41) is 2.14. The largest absolute Gasteiger partial charge is 0.426 e. The number of hydrogen-bond acceptors (Lipinski definition) is 3. The van der Waals surface area contributed by atoms with Gasteiger partial charge in [0.15, 0.2) is 0 Å². The number of carbonyl (C=O) groups excluding carboxylic acids is 1. The minimum Gasteiger partial charge on any atom is -0.426 e. The Morgan fingerprint density at radius 2 is 1.54 bits per heavy atom. The lowest BCUT2D eigenvalue weighted by atomic mass is 9.80. The summed E-state index contributed by atoms with van der Waals surface area (Å²) >= 11 is 0. The highest BCUT2D eigenvalue weighted by molar-refractivity contribution is 6.06. The van der Waals surface area contributed by atoms with E-state index in [0.29, 0.717) is 16.7 Å². The fraction of sp³-hybridized carbons (Fsp3) is 0.576. The molecule has 0 spiro atoms. The van der Waals surface area contributed by atoms with Gasteiger partial charge in [0, 0.05) is 10.8 Å². The van der Waals surface area contributed by atoms with Crippen molar-refractivity contribution in [3.8, 4) is 5.75 Å². The Bertz CT molecular complexity index is 1170. The van der Waals surface area contributed by atoms with Crippen LogP contribution >= 0.6 is 0 Å². The van der Waals surface area contributed by atoms with Gasteiger partial charge in [-0.2, -0.15) is 4.39 Å². The molecule has 0 saturated heterocycles. The van der Waals surface area contributed by atoms with Crippen LogP contribution in [0.1, 0.15) is 109 Å². The molecule has 0 N–H and O–H groups in total.